The molecule has 0 unspecified atom stereocenters. The Bertz CT molecular complexity index is 487. The molecule has 0 fully saturated rings. The minimum atomic E-state index is -0.622. The second-order valence-corrected chi connectivity index (χ2v) is 4.58. The summed E-state index contributed by atoms with van der Waals surface area (Å²) in [5.41, 5.74) is 0.124. The van der Waals surface area contributed by atoms with Gasteiger partial charge in [0.05, 0.1) is 31.8 Å². The van der Waals surface area contributed by atoms with E-state index in [-0.39, 0.29) is 5.57 Å². The number of carbonyl (C=O) groups is 2. The molecule has 1 heterocycles. The fourth-order valence-electron chi connectivity index (χ4n) is 1.33. The molecule has 0 aliphatic rings. The number of carbonyl (C=O) groups excluding carboxylic acids is 2. The number of thiophene rings is 1. The molecule has 1 rings (SSSR count). The Kier molecular flexibility index (Phi) is 4.91. The zero-order chi connectivity index (χ0) is 13.7. The number of rotatable bonds is 4. The highest BCUT2D eigenvalue weighted by atomic mass is 32.1. The highest BCUT2D eigenvalue weighted by molar-refractivity contribution is 7.13. The molecule has 1 aromatic rings. The summed E-state index contributed by atoms with van der Waals surface area (Å²) in [4.78, 5) is 24.5. The molecular formula is C12H14O5S. The molecule has 6 heteroatoms. The molecule has 0 N–H and O–H groups in total. The Hall–Kier alpha value is -1.82. The second kappa shape index (κ2) is 6.20. The van der Waals surface area contributed by atoms with Crippen LogP contribution in [0.5, 0.6) is 5.75 Å². The van der Waals surface area contributed by atoms with Crippen molar-refractivity contribution in [2.45, 2.75) is 6.92 Å². The number of esters is 2. The fraction of sp³-hybridized carbons (Fsp3) is 0.333. The van der Waals surface area contributed by atoms with Gasteiger partial charge in [-0.3, -0.25) is 0 Å². The van der Waals surface area contributed by atoms with Crippen LogP contribution >= 0.6 is 11.3 Å². The maximum Gasteiger partial charge on any atom is 0.339 e. The first kappa shape index (κ1) is 14.2. The molecule has 1 aromatic heterocycles. The summed E-state index contributed by atoms with van der Waals surface area (Å²) in [5.74, 6) is -0.706. The first-order valence-corrected chi connectivity index (χ1v) is 5.87. The van der Waals surface area contributed by atoms with Crippen LogP contribution in [0.4, 0.5) is 0 Å². The van der Waals surface area contributed by atoms with E-state index in [0.717, 1.165) is 11.0 Å². The van der Waals surface area contributed by atoms with Crippen molar-refractivity contribution in [3.05, 3.63) is 21.9 Å². The van der Waals surface area contributed by atoms with Gasteiger partial charge in [0.15, 0.2) is 0 Å². The summed E-state index contributed by atoms with van der Waals surface area (Å²) in [6.45, 7) is 1.88. The van der Waals surface area contributed by atoms with E-state index in [4.69, 9.17) is 4.74 Å². The summed E-state index contributed by atoms with van der Waals surface area (Å²) < 4.78 is 14.3. The molecule has 0 bridgehead atoms. The van der Waals surface area contributed by atoms with E-state index < -0.39 is 11.9 Å². The first-order valence-electron chi connectivity index (χ1n) is 5.06. The standard InChI is InChI=1S/C12H14O5S/c1-7-5-9(15-2)11(18-7)8(12(14)17-4)6-10(13)16-3/h5-6H,1-4H3/b8-6-. The van der Waals surface area contributed by atoms with Crippen LogP contribution < -0.4 is 4.74 Å². The van der Waals surface area contributed by atoms with Gasteiger partial charge in [0.1, 0.15) is 5.75 Å². The van der Waals surface area contributed by atoms with Gasteiger partial charge in [0.25, 0.3) is 0 Å². The molecule has 0 amide bonds. The van der Waals surface area contributed by atoms with Crippen molar-refractivity contribution in [3.63, 3.8) is 0 Å². The van der Waals surface area contributed by atoms with Crippen molar-refractivity contribution >= 4 is 28.8 Å². The number of hydrogen-bond donors (Lipinski definition) is 0. The zero-order valence-electron chi connectivity index (χ0n) is 10.6. The third kappa shape index (κ3) is 3.10. The third-order valence-corrected chi connectivity index (χ3v) is 3.22. The maximum absolute atomic E-state index is 11.7. The number of methoxy groups -OCH3 is 3. The molecule has 0 aliphatic heterocycles. The van der Waals surface area contributed by atoms with Gasteiger partial charge in [-0.15, -0.1) is 11.3 Å². The summed E-state index contributed by atoms with van der Waals surface area (Å²) in [6.07, 6.45) is 1.10. The Balaban J connectivity index is 3.29. The predicted octanol–water partition coefficient (Wildman–Crippen LogP) is 1.79. The molecule has 5 nitrogen and oxygen atoms in total. The van der Waals surface area contributed by atoms with Crippen molar-refractivity contribution < 1.29 is 23.8 Å². The monoisotopic (exact) mass is 270 g/mol. The highest BCUT2D eigenvalue weighted by Crippen LogP contribution is 2.35. The molecule has 0 saturated carbocycles. The topological polar surface area (TPSA) is 61.8 Å². The van der Waals surface area contributed by atoms with E-state index in [1.807, 2.05) is 6.92 Å². The zero-order valence-corrected chi connectivity index (χ0v) is 11.4. The molecule has 0 spiro atoms. The van der Waals surface area contributed by atoms with Gasteiger partial charge in [0.2, 0.25) is 0 Å². The molecule has 98 valence electrons. The van der Waals surface area contributed by atoms with Crippen LogP contribution in [0.25, 0.3) is 5.57 Å². The molecule has 0 radical (unpaired) electrons. The first-order chi connectivity index (χ1) is 8.53. The lowest BCUT2D eigenvalue weighted by Gasteiger charge is -2.05. The number of ether oxygens (including phenoxy) is 3. The van der Waals surface area contributed by atoms with Gasteiger partial charge >= 0.3 is 11.9 Å². The maximum atomic E-state index is 11.7. The Morgan fingerprint density at radius 2 is 1.89 bits per heavy atom. The third-order valence-electron chi connectivity index (χ3n) is 2.15. The Labute approximate surface area is 109 Å². The van der Waals surface area contributed by atoms with Crippen LogP contribution in [0.2, 0.25) is 0 Å². The quantitative estimate of drug-likeness (QED) is 0.616. The van der Waals surface area contributed by atoms with Crippen molar-refractivity contribution in [1.29, 1.82) is 0 Å². The molecule has 0 aliphatic carbocycles. The van der Waals surface area contributed by atoms with Crippen LogP contribution in [0.15, 0.2) is 12.1 Å². The van der Waals surface area contributed by atoms with E-state index >= 15 is 0 Å². The molecule has 18 heavy (non-hydrogen) atoms. The van der Waals surface area contributed by atoms with Gasteiger partial charge in [-0.1, -0.05) is 0 Å². The van der Waals surface area contributed by atoms with E-state index in [2.05, 4.69) is 9.47 Å². The number of hydrogen-bond acceptors (Lipinski definition) is 6. The fourth-order valence-corrected chi connectivity index (χ4v) is 2.32. The Morgan fingerprint density at radius 3 is 2.39 bits per heavy atom. The van der Waals surface area contributed by atoms with Crippen LogP contribution in [0.3, 0.4) is 0 Å². The summed E-state index contributed by atoms with van der Waals surface area (Å²) in [5, 5.41) is 0. The van der Waals surface area contributed by atoms with Gasteiger partial charge in [-0.25, -0.2) is 9.59 Å². The lowest BCUT2D eigenvalue weighted by atomic mass is 10.2. The van der Waals surface area contributed by atoms with Crippen molar-refractivity contribution in [1.82, 2.24) is 0 Å². The van der Waals surface area contributed by atoms with Crippen molar-refractivity contribution in [2.24, 2.45) is 0 Å². The Morgan fingerprint density at radius 1 is 1.22 bits per heavy atom. The van der Waals surface area contributed by atoms with E-state index in [9.17, 15) is 9.59 Å². The normalized spacial score (nSPS) is 11.0. The van der Waals surface area contributed by atoms with Crippen molar-refractivity contribution in [3.8, 4) is 5.75 Å². The summed E-state index contributed by atoms with van der Waals surface area (Å²) in [7, 11) is 3.99. The van der Waals surface area contributed by atoms with Gasteiger partial charge in [-0.05, 0) is 13.0 Å². The minimum absolute atomic E-state index is 0.124. The molecule has 0 atom stereocenters. The van der Waals surface area contributed by atoms with E-state index in [1.165, 1.54) is 32.7 Å². The van der Waals surface area contributed by atoms with Gasteiger partial charge in [-0.2, -0.15) is 0 Å². The smallest absolute Gasteiger partial charge is 0.339 e. The highest BCUT2D eigenvalue weighted by Gasteiger charge is 2.21. The van der Waals surface area contributed by atoms with Gasteiger partial charge in [0, 0.05) is 11.0 Å². The average Bonchev–Trinajstić information content (AvgIpc) is 2.75. The number of aryl methyl sites for hydroxylation is 1. The molecule has 0 saturated heterocycles. The van der Waals surface area contributed by atoms with Crippen LogP contribution in [-0.2, 0) is 19.1 Å². The lowest BCUT2D eigenvalue weighted by Crippen LogP contribution is -2.07. The SMILES string of the molecule is COC(=O)/C=C(\C(=O)OC)c1sc(C)cc1OC. The predicted molar refractivity (Wildman–Crippen MR) is 67.6 cm³/mol. The summed E-state index contributed by atoms with van der Waals surface area (Å²) >= 11 is 1.34. The second-order valence-electron chi connectivity index (χ2n) is 3.33. The van der Waals surface area contributed by atoms with E-state index in [1.54, 1.807) is 6.07 Å². The molecule has 0 aromatic carbocycles. The van der Waals surface area contributed by atoms with Gasteiger partial charge < -0.3 is 14.2 Å². The van der Waals surface area contributed by atoms with Crippen molar-refractivity contribution in [2.75, 3.05) is 21.3 Å². The minimum Gasteiger partial charge on any atom is -0.495 e. The van der Waals surface area contributed by atoms with Crippen LogP contribution in [0.1, 0.15) is 9.75 Å². The summed E-state index contributed by atoms with van der Waals surface area (Å²) in [6, 6.07) is 1.79. The van der Waals surface area contributed by atoms with Crippen LogP contribution in [0, 0.1) is 6.92 Å². The average molecular weight is 270 g/mol. The lowest BCUT2D eigenvalue weighted by molar-refractivity contribution is -0.136. The largest absolute Gasteiger partial charge is 0.495 e. The van der Waals surface area contributed by atoms with E-state index in [0.29, 0.717) is 10.6 Å². The van der Waals surface area contributed by atoms with Crippen LogP contribution in [-0.4, -0.2) is 33.3 Å². The molecular weight excluding hydrogens is 256 g/mol.